The number of ether oxygens (including phenoxy) is 2. The van der Waals surface area contributed by atoms with Crippen LogP contribution in [0.4, 0.5) is 16.2 Å². The van der Waals surface area contributed by atoms with Crippen LogP contribution in [-0.4, -0.2) is 57.0 Å². The molecule has 1 N–H and O–H groups in total. The molecule has 7 heteroatoms. The molecule has 3 heterocycles. The number of rotatable bonds is 2. The molecule has 2 amide bonds. The summed E-state index contributed by atoms with van der Waals surface area (Å²) in [6, 6.07) is 7.50. The van der Waals surface area contributed by atoms with Gasteiger partial charge in [-0.1, -0.05) is 0 Å². The van der Waals surface area contributed by atoms with Gasteiger partial charge in [0.2, 0.25) is 0 Å². The summed E-state index contributed by atoms with van der Waals surface area (Å²) >= 11 is 0. The number of nitrogens with one attached hydrogen (secondary N) is 1. The maximum atomic E-state index is 12.3. The van der Waals surface area contributed by atoms with Crippen molar-refractivity contribution in [2.24, 2.45) is 0 Å². The van der Waals surface area contributed by atoms with Crippen LogP contribution in [-0.2, 0) is 14.3 Å². The summed E-state index contributed by atoms with van der Waals surface area (Å²) in [7, 11) is 0. The van der Waals surface area contributed by atoms with Crippen LogP contribution in [0.1, 0.15) is 12.8 Å². The number of benzene rings is 1. The number of piperidine rings is 1. The van der Waals surface area contributed by atoms with E-state index in [1.807, 2.05) is 24.3 Å². The highest BCUT2D eigenvalue weighted by Gasteiger charge is 2.46. The van der Waals surface area contributed by atoms with E-state index in [4.69, 9.17) is 9.47 Å². The van der Waals surface area contributed by atoms with Gasteiger partial charge in [-0.2, -0.15) is 0 Å². The molecule has 3 aliphatic heterocycles. The van der Waals surface area contributed by atoms with Gasteiger partial charge in [0.05, 0.1) is 13.2 Å². The van der Waals surface area contributed by atoms with Gasteiger partial charge in [-0.05, 0) is 37.4 Å². The van der Waals surface area contributed by atoms with Crippen molar-refractivity contribution >= 4 is 23.4 Å². The lowest BCUT2D eigenvalue weighted by molar-refractivity contribution is -0.125. The molecule has 24 heavy (non-hydrogen) atoms. The maximum absolute atomic E-state index is 12.3. The molecule has 4 rings (SSSR count). The first-order valence-electron chi connectivity index (χ1n) is 8.36. The fraction of sp³-hybridized carbons (Fsp3) is 0.529. The maximum Gasteiger partial charge on any atom is 0.415 e. The van der Waals surface area contributed by atoms with E-state index in [1.54, 1.807) is 9.80 Å². The molecule has 0 aromatic heterocycles. The minimum absolute atomic E-state index is 0.0387. The summed E-state index contributed by atoms with van der Waals surface area (Å²) in [5.74, 6) is -0.0387. The van der Waals surface area contributed by atoms with Gasteiger partial charge < -0.3 is 19.7 Å². The summed E-state index contributed by atoms with van der Waals surface area (Å²) in [5.41, 5.74) is 1.28. The molecule has 0 aliphatic carbocycles. The Labute approximate surface area is 140 Å². The first kappa shape index (κ1) is 15.4. The highest BCUT2D eigenvalue weighted by molar-refractivity contribution is 5.95. The highest BCUT2D eigenvalue weighted by Crippen LogP contribution is 2.34. The third-order valence-corrected chi connectivity index (χ3v) is 4.94. The molecule has 7 nitrogen and oxygen atoms in total. The van der Waals surface area contributed by atoms with E-state index < -0.39 is 0 Å². The predicted octanol–water partition coefficient (Wildman–Crippen LogP) is 1.13. The molecular weight excluding hydrogens is 310 g/mol. The third kappa shape index (κ3) is 2.74. The average molecular weight is 331 g/mol. The van der Waals surface area contributed by atoms with Gasteiger partial charge in [-0.3, -0.25) is 9.69 Å². The predicted molar refractivity (Wildman–Crippen MR) is 88.3 cm³/mol. The van der Waals surface area contributed by atoms with E-state index in [9.17, 15) is 9.59 Å². The molecule has 1 aromatic rings. The van der Waals surface area contributed by atoms with E-state index in [0.29, 0.717) is 19.7 Å². The largest absolute Gasteiger partial charge is 0.441 e. The van der Waals surface area contributed by atoms with Crippen LogP contribution >= 0.6 is 0 Å². The normalized spacial score (nSPS) is 23.7. The Bertz CT molecular complexity index is 640. The van der Waals surface area contributed by atoms with Crippen molar-refractivity contribution in [3.8, 4) is 0 Å². The molecular formula is C17H21N3O4. The van der Waals surface area contributed by atoms with E-state index >= 15 is 0 Å². The van der Waals surface area contributed by atoms with Crippen molar-refractivity contribution in [1.82, 2.24) is 5.32 Å². The van der Waals surface area contributed by atoms with Crippen molar-refractivity contribution in [2.45, 2.75) is 18.4 Å². The Morgan fingerprint density at radius 3 is 2.33 bits per heavy atom. The van der Waals surface area contributed by atoms with Crippen LogP contribution < -0.4 is 15.1 Å². The van der Waals surface area contributed by atoms with Crippen molar-refractivity contribution in [3.05, 3.63) is 24.3 Å². The summed E-state index contributed by atoms with van der Waals surface area (Å²) < 4.78 is 10.8. The number of carbonyl (C=O) groups is 2. The molecule has 0 radical (unpaired) electrons. The van der Waals surface area contributed by atoms with Crippen LogP contribution in [0.2, 0.25) is 0 Å². The lowest BCUT2D eigenvalue weighted by atomic mass is 9.92. The molecule has 0 saturated carbocycles. The summed E-state index contributed by atoms with van der Waals surface area (Å²) in [5, 5.41) is 3.30. The van der Waals surface area contributed by atoms with Gasteiger partial charge in [-0.15, -0.1) is 0 Å². The van der Waals surface area contributed by atoms with Gasteiger partial charge in [0.15, 0.2) is 0 Å². The minimum atomic E-state index is -0.360. The molecule has 1 aromatic carbocycles. The first-order chi connectivity index (χ1) is 11.7. The Morgan fingerprint density at radius 1 is 1.00 bits per heavy atom. The van der Waals surface area contributed by atoms with Crippen LogP contribution in [0, 0.1) is 0 Å². The second kappa shape index (κ2) is 6.07. The molecule has 3 saturated heterocycles. The van der Waals surface area contributed by atoms with E-state index in [0.717, 1.165) is 37.3 Å². The second-order valence-electron chi connectivity index (χ2n) is 6.50. The van der Waals surface area contributed by atoms with Crippen LogP contribution in [0.25, 0.3) is 0 Å². The van der Waals surface area contributed by atoms with Gasteiger partial charge in [-0.25, -0.2) is 4.79 Å². The Morgan fingerprint density at radius 2 is 1.67 bits per heavy atom. The number of anilines is 2. The number of nitrogens with zero attached hydrogens (tertiary/aromatic N) is 2. The zero-order valence-corrected chi connectivity index (χ0v) is 13.5. The molecule has 0 bridgehead atoms. The minimum Gasteiger partial charge on any atom is -0.441 e. The van der Waals surface area contributed by atoms with Crippen LogP contribution in [0.3, 0.4) is 0 Å². The summed E-state index contributed by atoms with van der Waals surface area (Å²) in [6.07, 6.45) is 1.40. The third-order valence-electron chi connectivity index (χ3n) is 4.94. The van der Waals surface area contributed by atoms with Gasteiger partial charge in [0.1, 0.15) is 12.2 Å². The Kier molecular flexibility index (Phi) is 3.90. The second-order valence-corrected chi connectivity index (χ2v) is 6.50. The molecule has 3 fully saturated rings. The standard InChI is InChI=1S/C17H21N3O4/c21-15-11-23-10-9-19(15)13-1-3-14(4-2-13)20-12-17(24-16(20)22)5-7-18-8-6-17/h1-4,18H,5-12H2. The monoisotopic (exact) mass is 331 g/mol. The fourth-order valence-corrected chi connectivity index (χ4v) is 3.57. The van der Waals surface area contributed by atoms with E-state index in [2.05, 4.69) is 5.32 Å². The quantitative estimate of drug-likeness (QED) is 0.880. The van der Waals surface area contributed by atoms with Crippen molar-refractivity contribution < 1.29 is 19.1 Å². The van der Waals surface area contributed by atoms with Crippen molar-refractivity contribution in [1.29, 1.82) is 0 Å². The number of morpholine rings is 1. The smallest absolute Gasteiger partial charge is 0.415 e. The van der Waals surface area contributed by atoms with E-state index in [-0.39, 0.29) is 24.2 Å². The van der Waals surface area contributed by atoms with Gasteiger partial charge in [0.25, 0.3) is 5.91 Å². The summed E-state index contributed by atoms with van der Waals surface area (Å²) in [4.78, 5) is 27.6. The number of hydrogen-bond acceptors (Lipinski definition) is 5. The lowest BCUT2D eigenvalue weighted by Gasteiger charge is -2.31. The number of hydrogen-bond donors (Lipinski definition) is 1. The van der Waals surface area contributed by atoms with Gasteiger partial charge in [0, 0.05) is 30.8 Å². The molecule has 0 atom stereocenters. The van der Waals surface area contributed by atoms with E-state index in [1.165, 1.54) is 0 Å². The van der Waals surface area contributed by atoms with Crippen LogP contribution in [0.15, 0.2) is 24.3 Å². The Hall–Kier alpha value is -2.12. The molecule has 1 spiro atoms. The molecule has 128 valence electrons. The van der Waals surface area contributed by atoms with Crippen molar-refractivity contribution in [2.75, 3.05) is 49.2 Å². The zero-order valence-electron chi connectivity index (χ0n) is 13.5. The van der Waals surface area contributed by atoms with Gasteiger partial charge >= 0.3 is 6.09 Å². The molecule has 0 unspecified atom stereocenters. The fourth-order valence-electron chi connectivity index (χ4n) is 3.57. The first-order valence-corrected chi connectivity index (χ1v) is 8.36. The highest BCUT2D eigenvalue weighted by atomic mass is 16.6. The van der Waals surface area contributed by atoms with Crippen LogP contribution in [0.5, 0.6) is 0 Å². The number of amides is 2. The summed E-state index contributed by atoms with van der Waals surface area (Å²) in [6.45, 7) is 3.56. The topological polar surface area (TPSA) is 71.1 Å². The SMILES string of the molecule is O=C1COCCN1c1ccc(N2CC3(CCNCC3)OC2=O)cc1. The molecule has 3 aliphatic rings. The Balaban J connectivity index is 1.50. The lowest BCUT2D eigenvalue weighted by Crippen LogP contribution is -2.44. The van der Waals surface area contributed by atoms with Crippen molar-refractivity contribution in [3.63, 3.8) is 0 Å². The average Bonchev–Trinajstić information content (AvgIpc) is 2.92. The zero-order chi connectivity index (χ0) is 16.6. The number of carbonyl (C=O) groups excluding carboxylic acids is 2.